The quantitative estimate of drug-likeness (QED) is 0.166. The molecule has 8 rings (SSSR count). The first-order valence-corrected chi connectivity index (χ1v) is 14.1. The van der Waals surface area contributed by atoms with E-state index in [-0.39, 0.29) is 5.78 Å². The number of pyridine rings is 2. The summed E-state index contributed by atoms with van der Waals surface area (Å²) in [6, 6.07) is 48.8. The largest absolute Gasteiger partial charge is 0.289 e. The molecule has 2 aromatic heterocycles. The highest BCUT2D eigenvalue weighted by Gasteiger charge is 2.21. The third kappa shape index (κ3) is 3.94. The highest BCUT2D eigenvalue weighted by molar-refractivity contribution is 6.24. The first kappa shape index (κ1) is 24.2. The van der Waals surface area contributed by atoms with Gasteiger partial charge in [0.25, 0.3) is 0 Å². The minimum Gasteiger partial charge on any atom is -0.289 e. The molecule has 6 aromatic carbocycles. The highest BCUT2D eigenvalue weighted by Crippen LogP contribution is 2.36. The summed E-state index contributed by atoms with van der Waals surface area (Å²) in [6.45, 7) is 0. The number of benzene rings is 6. The maximum atomic E-state index is 14.6. The summed E-state index contributed by atoms with van der Waals surface area (Å²) in [7, 11) is 0. The Labute approximate surface area is 242 Å². The molecule has 0 radical (unpaired) electrons. The fraction of sp³-hybridized carbons (Fsp3) is 0. The van der Waals surface area contributed by atoms with Crippen LogP contribution >= 0.6 is 0 Å². The van der Waals surface area contributed by atoms with Crippen LogP contribution in [0.2, 0.25) is 0 Å². The van der Waals surface area contributed by atoms with Crippen molar-refractivity contribution in [2.75, 3.05) is 0 Å². The van der Waals surface area contributed by atoms with E-state index in [1.54, 1.807) is 0 Å². The van der Waals surface area contributed by atoms with Gasteiger partial charge in [-0.1, -0.05) is 109 Å². The Kier molecular flexibility index (Phi) is 5.61. The van der Waals surface area contributed by atoms with Crippen LogP contribution < -0.4 is 0 Å². The molecule has 0 aliphatic carbocycles. The van der Waals surface area contributed by atoms with Gasteiger partial charge in [-0.05, 0) is 47.5 Å². The third-order valence-electron chi connectivity index (χ3n) is 8.03. The number of carbonyl (C=O) groups excluding carboxylic acids is 1. The second-order valence-electron chi connectivity index (χ2n) is 10.5. The van der Waals surface area contributed by atoms with Gasteiger partial charge in [0.05, 0.1) is 22.1 Å². The first-order chi connectivity index (χ1) is 20.7. The van der Waals surface area contributed by atoms with Gasteiger partial charge in [-0.3, -0.25) is 4.79 Å². The normalized spacial score (nSPS) is 11.4. The molecule has 0 spiro atoms. The number of carbonyl (C=O) groups is 1. The van der Waals surface area contributed by atoms with E-state index >= 15 is 0 Å². The lowest BCUT2D eigenvalue weighted by atomic mass is 9.90. The van der Waals surface area contributed by atoms with Crippen molar-refractivity contribution in [3.8, 4) is 22.3 Å². The predicted octanol–water partition coefficient (Wildman–Crippen LogP) is 9.65. The molecule has 0 saturated carbocycles. The maximum absolute atomic E-state index is 14.6. The lowest BCUT2D eigenvalue weighted by molar-refractivity contribution is 0.104. The molecule has 196 valence electrons. The summed E-state index contributed by atoms with van der Waals surface area (Å²) in [4.78, 5) is 24.8. The molecule has 0 aliphatic rings. The summed E-state index contributed by atoms with van der Waals surface area (Å²) in [6.07, 6.45) is 0. The molecule has 0 N–H and O–H groups in total. The summed E-state index contributed by atoms with van der Waals surface area (Å²) < 4.78 is 0. The van der Waals surface area contributed by atoms with Crippen molar-refractivity contribution in [3.63, 3.8) is 0 Å². The minimum absolute atomic E-state index is 0.0432. The van der Waals surface area contributed by atoms with Gasteiger partial charge in [-0.15, -0.1) is 0 Å². The molecule has 0 saturated heterocycles. The van der Waals surface area contributed by atoms with Crippen molar-refractivity contribution in [3.05, 3.63) is 157 Å². The standard InChI is InChI=1S/C39H24N2O/c42-39(31-21-19-29(25-11-3-1-4-12-25)37-33(31)23-27-15-7-9-17-35(27)40-37)32-22-20-30(26-13-5-2-6-14-26)38-34(32)24-28-16-8-10-18-36(28)41-38/h1-24H. The van der Waals surface area contributed by atoms with Crippen molar-refractivity contribution in [1.29, 1.82) is 0 Å². The van der Waals surface area contributed by atoms with Gasteiger partial charge >= 0.3 is 0 Å². The molecule has 8 aromatic rings. The Balaban J connectivity index is 1.40. The van der Waals surface area contributed by atoms with Gasteiger partial charge in [0.1, 0.15) is 0 Å². The molecule has 2 heterocycles. The molecular formula is C39H24N2O. The Bertz CT molecular complexity index is 2140. The minimum atomic E-state index is -0.0432. The monoisotopic (exact) mass is 536 g/mol. The summed E-state index contributed by atoms with van der Waals surface area (Å²) in [5.74, 6) is -0.0432. The molecule has 3 nitrogen and oxygen atoms in total. The van der Waals surface area contributed by atoms with Gasteiger partial charge in [-0.25, -0.2) is 9.97 Å². The highest BCUT2D eigenvalue weighted by atomic mass is 16.1. The number of rotatable bonds is 4. The lowest BCUT2D eigenvalue weighted by Gasteiger charge is -2.15. The van der Waals surface area contributed by atoms with Gasteiger partial charge in [-0.2, -0.15) is 0 Å². The predicted molar refractivity (Wildman–Crippen MR) is 173 cm³/mol. The molecule has 0 atom stereocenters. The number of ketones is 1. The van der Waals surface area contributed by atoms with Gasteiger partial charge in [0, 0.05) is 43.8 Å². The van der Waals surface area contributed by atoms with Crippen molar-refractivity contribution in [2.45, 2.75) is 0 Å². The molecule has 0 amide bonds. The van der Waals surface area contributed by atoms with Crippen LogP contribution in [-0.2, 0) is 0 Å². The van der Waals surface area contributed by atoms with E-state index < -0.39 is 0 Å². The fourth-order valence-corrected chi connectivity index (χ4v) is 5.97. The van der Waals surface area contributed by atoms with E-state index in [4.69, 9.17) is 9.97 Å². The van der Waals surface area contributed by atoms with E-state index in [1.807, 2.05) is 109 Å². The zero-order chi connectivity index (χ0) is 28.0. The number of hydrogen-bond donors (Lipinski definition) is 0. The summed E-state index contributed by atoms with van der Waals surface area (Å²) >= 11 is 0. The second kappa shape index (κ2) is 9.76. The summed E-state index contributed by atoms with van der Waals surface area (Å²) in [5, 5.41) is 3.69. The molecule has 0 fully saturated rings. The Morgan fingerprint density at radius 3 is 1.29 bits per heavy atom. The van der Waals surface area contributed by atoms with Crippen LogP contribution in [0.15, 0.2) is 146 Å². The topological polar surface area (TPSA) is 42.9 Å². The zero-order valence-corrected chi connectivity index (χ0v) is 22.7. The molecule has 0 bridgehead atoms. The van der Waals surface area contributed by atoms with E-state index in [1.165, 1.54) is 0 Å². The maximum Gasteiger partial charge on any atom is 0.194 e. The van der Waals surface area contributed by atoms with Crippen LogP contribution in [0.5, 0.6) is 0 Å². The second-order valence-corrected chi connectivity index (χ2v) is 10.5. The van der Waals surface area contributed by atoms with Crippen LogP contribution in [0.4, 0.5) is 0 Å². The number of aromatic nitrogens is 2. The van der Waals surface area contributed by atoms with Crippen LogP contribution in [0.3, 0.4) is 0 Å². The van der Waals surface area contributed by atoms with E-state index in [9.17, 15) is 4.79 Å². The van der Waals surface area contributed by atoms with Crippen LogP contribution in [-0.4, -0.2) is 15.8 Å². The van der Waals surface area contributed by atoms with Gasteiger partial charge in [0.2, 0.25) is 0 Å². The Hall–Kier alpha value is -5.67. The van der Waals surface area contributed by atoms with Crippen molar-refractivity contribution < 1.29 is 4.79 Å². The van der Waals surface area contributed by atoms with Crippen LogP contribution in [0.1, 0.15) is 15.9 Å². The van der Waals surface area contributed by atoms with Crippen molar-refractivity contribution >= 4 is 49.4 Å². The summed E-state index contributed by atoms with van der Waals surface area (Å²) in [5.41, 5.74) is 8.85. The average molecular weight is 537 g/mol. The zero-order valence-electron chi connectivity index (χ0n) is 22.7. The Morgan fingerprint density at radius 2 is 0.833 bits per heavy atom. The lowest BCUT2D eigenvalue weighted by Crippen LogP contribution is -2.05. The van der Waals surface area contributed by atoms with Crippen molar-refractivity contribution in [1.82, 2.24) is 9.97 Å². The number of fused-ring (bicyclic) bond motifs is 4. The van der Waals surface area contributed by atoms with Crippen LogP contribution in [0.25, 0.3) is 65.9 Å². The SMILES string of the molecule is O=C(c1ccc(-c2ccccc2)c2nc3ccccc3cc12)c1ccc(-c2ccccc2)c2nc3ccccc3cc12. The fourth-order valence-electron chi connectivity index (χ4n) is 5.97. The Morgan fingerprint density at radius 1 is 0.429 bits per heavy atom. The number of hydrogen-bond acceptors (Lipinski definition) is 3. The molecule has 42 heavy (non-hydrogen) atoms. The molecule has 0 unspecified atom stereocenters. The molecule has 0 aliphatic heterocycles. The van der Waals surface area contributed by atoms with Gasteiger partial charge < -0.3 is 0 Å². The van der Waals surface area contributed by atoms with Gasteiger partial charge in [0.15, 0.2) is 5.78 Å². The average Bonchev–Trinajstić information content (AvgIpc) is 3.06. The number of nitrogens with zero attached hydrogens (tertiary/aromatic N) is 2. The molecule has 3 heteroatoms. The molecular weight excluding hydrogens is 512 g/mol. The number of para-hydroxylation sites is 2. The smallest absolute Gasteiger partial charge is 0.194 e. The van der Waals surface area contributed by atoms with E-state index in [0.29, 0.717) is 11.1 Å². The van der Waals surface area contributed by atoms with E-state index in [0.717, 1.165) is 65.9 Å². The van der Waals surface area contributed by atoms with E-state index in [2.05, 4.69) is 36.4 Å². The van der Waals surface area contributed by atoms with Crippen LogP contribution in [0, 0.1) is 0 Å². The first-order valence-electron chi connectivity index (χ1n) is 14.1. The third-order valence-corrected chi connectivity index (χ3v) is 8.03. The van der Waals surface area contributed by atoms with Crippen molar-refractivity contribution in [2.24, 2.45) is 0 Å².